The zero-order valence-electron chi connectivity index (χ0n) is 17.4. The zero-order valence-corrected chi connectivity index (χ0v) is 17.4. The lowest BCUT2D eigenvalue weighted by atomic mass is 9.98. The zero-order chi connectivity index (χ0) is 20.3. The maximum Gasteiger partial charge on any atom is 0.408 e. The number of amides is 1. The van der Waals surface area contributed by atoms with Gasteiger partial charge in [0.2, 0.25) is 0 Å². The Morgan fingerprint density at radius 1 is 1.08 bits per heavy atom. The fraction of sp³-hybridized carbons (Fsp3) is 0.737. The Hall–Kier alpha value is -2.05. The summed E-state index contributed by atoms with van der Waals surface area (Å²) in [7, 11) is 0. The molecule has 0 aliphatic rings. The van der Waals surface area contributed by atoms with E-state index in [-0.39, 0.29) is 11.5 Å². The molecule has 0 aromatic carbocycles. The summed E-state index contributed by atoms with van der Waals surface area (Å²) >= 11 is 0. The molecule has 0 saturated heterocycles. The average Bonchev–Trinajstić information content (AvgIpc) is 2.74. The van der Waals surface area contributed by atoms with E-state index in [1.165, 1.54) is 0 Å². The van der Waals surface area contributed by atoms with Crippen LogP contribution in [-0.4, -0.2) is 28.4 Å². The van der Waals surface area contributed by atoms with E-state index in [2.05, 4.69) is 10.5 Å². The molecule has 1 amide bonds. The molecule has 0 spiro atoms. The summed E-state index contributed by atoms with van der Waals surface area (Å²) in [6.07, 6.45) is 0.0000262. The summed E-state index contributed by atoms with van der Waals surface area (Å²) in [6.45, 7) is 16.4. The summed E-state index contributed by atoms with van der Waals surface area (Å²) in [5.41, 5.74) is -0.664. The van der Waals surface area contributed by atoms with Crippen molar-refractivity contribution in [2.24, 2.45) is 5.92 Å². The van der Waals surface area contributed by atoms with E-state index < -0.39 is 29.3 Å². The summed E-state index contributed by atoms with van der Waals surface area (Å²) < 4.78 is 16.0. The van der Waals surface area contributed by atoms with Gasteiger partial charge in [0.25, 0.3) is 0 Å². The van der Waals surface area contributed by atoms with Gasteiger partial charge in [-0.05, 0) is 60.8 Å². The van der Waals surface area contributed by atoms with Gasteiger partial charge in [0, 0.05) is 0 Å². The molecule has 0 bridgehead atoms. The van der Waals surface area contributed by atoms with Gasteiger partial charge in [-0.1, -0.05) is 19.0 Å². The fourth-order valence-corrected chi connectivity index (χ4v) is 2.36. The van der Waals surface area contributed by atoms with Gasteiger partial charge >= 0.3 is 12.1 Å². The molecule has 7 nitrogen and oxygen atoms in total. The third-order valence-electron chi connectivity index (χ3n) is 3.22. The largest absolute Gasteiger partial charge is 0.456 e. The minimum absolute atomic E-state index is 0.249. The SMILES string of the molecule is Cc1onc([C@H](CC(C)C)NC(=O)OC(C)(C)C)c1C(=O)OC(C)(C)C. The van der Waals surface area contributed by atoms with E-state index >= 15 is 0 Å². The van der Waals surface area contributed by atoms with Crippen LogP contribution in [0.2, 0.25) is 0 Å². The number of rotatable bonds is 5. The molecule has 1 rings (SSSR count). The number of nitrogens with zero attached hydrogens (tertiary/aromatic N) is 1. The number of aromatic nitrogens is 1. The van der Waals surface area contributed by atoms with Crippen molar-refractivity contribution in [2.75, 3.05) is 0 Å². The Morgan fingerprint density at radius 3 is 2.08 bits per heavy atom. The molecule has 26 heavy (non-hydrogen) atoms. The second-order valence-corrected chi connectivity index (χ2v) is 8.83. The van der Waals surface area contributed by atoms with Crippen LogP contribution in [0.1, 0.15) is 89.7 Å². The first-order valence-corrected chi connectivity index (χ1v) is 8.88. The molecule has 0 fully saturated rings. The maximum atomic E-state index is 12.6. The van der Waals surface area contributed by atoms with Crippen molar-refractivity contribution < 1.29 is 23.6 Å². The van der Waals surface area contributed by atoms with Gasteiger partial charge in [0.05, 0.1) is 6.04 Å². The van der Waals surface area contributed by atoms with Crippen molar-refractivity contribution in [1.29, 1.82) is 0 Å². The van der Waals surface area contributed by atoms with Crippen LogP contribution >= 0.6 is 0 Å². The molecule has 1 aromatic heterocycles. The molecule has 0 radical (unpaired) electrons. The Balaban J connectivity index is 3.15. The van der Waals surface area contributed by atoms with Gasteiger partial charge < -0.3 is 19.3 Å². The van der Waals surface area contributed by atoms with Crippen molar-refractivity contribution in [2.45, 2.75) is 86.0 Å². The average molecular weight is 368 g/mol. The highest BCUT2D eigenvalue weighted by molar-refractivity contribution is 5.92. The van der Waals surface area contributed by atoms with Crippen LogP contribution in [0.3, 0.4) is 0 Å². The van der Waals surface area contributed by atoms with Gasteiger partial charge in [-0.25, -0.2) is 9.59 Å². The number of carbonyl (C=O) groups excluding carboxylic acids is 2. The van der Waals surface area contributed by atoms with Crippen molar-refractivity contribution >= 4 is 12.1 Å². The molecule has 1 heterocycles. The Bertz CT molecular complexity index is 635. The summed E-state index contributed by atoms with van der Waals surface area (Å²) in [5, 5.41) is 6.82. The van der Waals surface area contributed by atoms with Crippen LogP contribution in [-0.2, 0) is 9.47 Å². The summed E-state index contributed by atoms with van der Waals surface area (Å²) in [4.78, 5) is 24.8. The van der Waals surface area contributed by atoms with Gasteiger partial charge in [-0.2, -0.15) is 0 Å². The number of nitrogens with one attached hydrogen (secondary N) is 1. The number of hydrogen-bond acceptors (Lipinski definition) is 6. The number of alkyl carbamates (subject to hydrolysis) is 1. The predicted octanol–water partition coefficient (Wildman–Crippen LogP) is 4.55. The molecule has 1 atom stereocenters. The molecular weight excluding hydrogens is 336 g/mol. The Kier molecular flexibility index (Phi) is 6.85. The van der Waals surface area contributed by atoms with E-state index in [1.54, 1.807) is 48.5 Å². The lowest BCUT2D eigenvalue weighted by Gasteiger charge is -2.24. The van der Waals surface area contributed by atoms with Crippen molar-refractivity contribution in [1.82, 2.24) is 10.5 Å². The first kappa shape index (κ1) is 22.0. The second kappa shape index (κ2) is 8.10. The molecule has 7 heteroatoms. The monoisotopic (exact) mass is 368 g/mol. The first-order valence-electron chi connectivity index (χ1n) is 8.88. The van der Waals surface area contributed by atoms with Crippen molar-refractivity contribution in [3.8, 4) is 0 Å². The number of hydrogen-bond donors (Lipinski definition) is 1. The third-order valence-corrected chi connectivity index (χ3v) is 3.22. The summed E-state index contributed by atoms with van der Waals surface area (Å²) in [6, 6.07) is -0.523. The number of esters is 1. The molecule has 0 unspecified atom stereocenters. The van der Waals surface area contributed by atoms with E-state index in [9.17, 15) is 9.59 Å². The van der Waals surface area contributed by atoms with Crippen LogP contribution in [0.25, 0.3) is 0 Å². The summed E-state index contributed by atoms with van der Waals surface area (Å²) in [5.74, 6) is 0.0819. The van der Waals surface area contributed by atoms with Crippen LogP contribution in [0.4, 0.5) is 4.79 Å². The Morgan fingerprint density at radius 2 is 1.62 bits per heavy atom. The van der Waals surface area contributed by atoms with Gasteiger partial charge in [0.1, 0.15) is 28.2 Å². The predicted molar refractivity (Wildman–Crippen MR) is 98.0 cm³/mol. The first-order chi connectivity index (χ1) is 11.7. The van der Waals surface area contributed by atoms with Crippen LogP contribution in [0.15, 0.2) is 4.52 Å². The van der Waals surface area contributed by atoms with E-state index in [0.29, 0.717) is 17.9 Å². The highest BCUT2D eigenvalue weighted by Crippen LogP contribution is 2.28. The van der Waals surface area contributed by atoms with Crippen LogP contribution in [0, 0.1) is 12.8 Å². The topological polar surface area (TPSA) is 90.7 Å². The highest BCUT2D eigenvalue weighted by Gasteiger charge is 2.32. The third kappa shape index (κ3) is 7.06. The fourth-order valence-electron chi connectivity index (χ4n) is 2.36. The minimum Gasteiger partial charge on any atom is -0.456 e. The van der Waals surface area contributed by atoms with Gasteiger partial charge in [0.15, 0.2) is 0 Å². The molecule has 148 valence electrons. The standard InChI is InChI=1S/C19H32N2O5/c1-11(2)10-13(20-17(23)25-19(7,8)9)15-14(12(3)26-21-15)16(22)24-18(4,5)6/h11,13H,10H2,1-9H3,(H,20,23)/t13-/m0/s1. The number of carbonyl (C=O) groups is 2. The number of aryl methyl sites for hydroxylation is 1. The molecule has 0 aliphatic heterocycles. The lowest BCUT2D eigenvalue weighted by Crippen LogP contribution is -2.36. The van der Waals surface area contributed by atoms with Crippen molar-refractivity contribution in [3.05, 3.63) is 17.0 Å². The normalized spacial score (nSPS) is 13.5. The van der Waals surface area contributed by atoms with E-state index in [4.69, 9.17) is 14.0 Å². The molecule has 1 N–H and O–H groups in total. The van der Waals surface area contributed by atoms with E-state index in [0.717, 1.165) is 0 Å². The highest BCUT2D eigenvalue weighted by atomic mass is 16.6. The van der Waals surface area contributed by atoms with E-state index in [1.807, 2.05) is 13.8 Å². The minimum atomic E-state index is -0.649. The smallest absolute Gasteiger partial charge is 0.408 e. The van der Waals surface area contributed by atoms with Gasteiger partial charge in [-0.15, -0.1) is 0 Å². The maximum absolute atomic E-state index is 12.6. The Labute approximate surface area is 155 Å². The molecule has 0 aliphatic carbocycles. The van der Waals surface area contributed by atoms with Gasteiger partial charge in [-0.3, -0.25) is 0 Å². The van der Waals surface area contributed by atoms with Crippen LogP contribution < -0.4 is 5.32 Å². The molecular formula is C19H32N2O5. The van der Waals surface area contributed by atoms with Crippen molar-refractivity contribution in [3.63, 3.8) is 0 Å². The quantitative estimate of drug-likeness (QED) is 0.767. The number of ether oxygens (including phenoxy) is 2. The lowest BCUT2D eigenvalue weighted by molar-refractivity contribution is 0.00644. The molecule has 0 saturated carbocycles. The second-order valence-electron chi connectivity index (χ2n) is 8.83. The van der Waals surface area contributed by atoms with Crippen LogP contribution in [0.5, 0.6) is 0 Å². The molecule has 1 aromatic rings.